The lowest BCUT2D eigenvalue weighted by Crippen LogP contribution is -2.43. The van der Waals surface area contributed by atoms with Gasteiger partial charge in [0, 0.05) is 56.1 Å². The fraction of sp³-hybridized carbons (Fsp3) is 0.368. The molecule has 33 heavy (non-hydrogen) atoms. The smallest absolute Gasteiger partial charge is 0.276 e. The van der Waals surface area contributed by atoms with Gasteiger partial charge in [0.05, 0.1) is 6.61 Å². The number of nitrogens with zero attached hydrogens (tertiary/aromatic N) is 2. The first-order chi connectivity index (χ1) is 15.5. The number of nitrogens with one attached hydrogen (secondary N) is 2. The van der Waals surface area contributed by atoms with Crippen LogP contribution in [0, 0.1) is 23.4 Å². The SMILES string of the molecule is Cn1cc2c(c1C(=O)Nc1cc(F)c(F)c(F)c1)OC[C@@H]1CN(C(=O)CO)C[C@@H]1NS2(=O)=O. The van der Waals surface area contributed by atoms with Gasteiger partial charge in [0.2, 0.25) is 15.9 Å². The predicted octanol–water partition coefficient (Wildman–Crippen LogP) is 0.185. The van der Waals surface area contributed by atoms with Gasteiger partial charge < -0.3 is 24.6 Å². The second-order valence-electron chi connectivity index (χ2n) is 7.75. The van der Waals surface area contributed by atoms with E-state index in [1.807, 2.05) is 0 Å². The largest absolute Gasteiger partial charge is 0.489 e. The summed E-state index contributed by atoms with van der Waals surface area (Å²) >= 11 is 0. The van der Waals surface area contributed by atoms with Crippen LogP contribution >= 0.6 is 0 Å². The summed E-state index contributed by atoms with van der Waals surface area (Å²) in [5.74, 6) is -6.96. The maximum atomic E-state index is 13.5. The van der Waals surface area contributed by atoms with Crippen molar-refractivity contribution in [2.75, 3.05) is 31.6 Å². The highest BCUT2D eigenvalue weighted by Gasteiger charge is 2.42. The number of aliphatic hydroxyl groups excluding tert-OH is 1. The molecule has 4 rings (SSSR count). The standard InChI is InChI=1S/C19H19F3N4O6S/c1-25-6-14-18(17(25)19(29)23-10-2-11(20)16(22)12(21)3-10)32-8-9-4-26(15(28)7-27)5-13(9)24-33(14,30)31/h2-3,6,9,13,24,27H,4-5,7-8H2,1H3,(H,23,29)/t9-,13-/m0/s1. The van der Waals surface area contributed by atoms with Gasteiger partial charge in [-0.25, -0.2) is 26.3 Å². The number of rotatable bonds is 3. The Labute approximate surface area is 186 Å². The van der Waals surface area contributed by atoms with Gasteiger partial charge in [0.1, 0.15) is 11.5 Å². The molecule has 0 saturated carbocycles. The maximum Gasteiger partial charge on any atom is 0.276 e. The number of fused-ring (bicyclic) bond motifs is 2. The van der Waals surface area contributed by atoms with Crippen molar-refractivity contribution in [1.29, 1.82) is 0 Å². The van der Waals surface area contributed by atoms with Crippen molar-refractivity contribution in [3.63, 3.8) is 0 Å². The number of hydrogen-bond donors (Lipinski definition) is 3. The lowest BCUT2D eigenvalue weighted by Gasteiger charge is -2.23. The summed E-state index contributed by atoms with van der Waals surface area (Å²) in [5.41, 5.74) is -0.632. The number of hydrogen-bond acceptors (Lipinski definition) is 6. The second-order valence-corrected chi connectivity index (χ2v) is 9.43. The molecule has 2 aliphatic heterocycles. The van der Waals surface area contributed by atoms with E-state index in [1.165, 1.54) is 16.5 Å². The molecule has 0 aliphatic carbocycles. The minimum atomic E-state index is -4.18. The molecule has 2 aliphatic rings. The van der Waals surface area contributed by atoms with E-state index < -0.39 is 57.9 Å². The maximum absolute atomic E-state index is 13.5. The fourth-order valence-electron chi connectivity index (χ4n) is 3.92. The Kier molecular flexibility index (Phi) is 5.84. The van der Waals surface area contributed by atoms with Crippen LogP contribution in [0.1, 0.15) is 10.5 Å². The van der Waals surface area contributed by atoms with E-state index in [-0.39, 0.29) is 41.7 Å². The molecule has 178 valence electrons. The Balaban J connectivity index is 1.66. The number of halogens is 3. The average molecular weight is 488 g/mol. The molecular formula is C19H19F3N4O6S. The third-order valence-electron chi connectivity index (χ3n) is 5.53. The van der Waals surface area contributed by atoms with E-state index in [1.54, 1.807) is 0 Å². The number of sulfonamides is 1. The third kappa shape index (κ3) is 4.16. The molecule has 10 nitrogen and oxygen atoms in total. The minimum absolute atomic E-state index is 0.0455. The summed E-state index contributed by atoms with van der Waals surface area (Å²) in [5, 5.41) is 11.3. The van der Waals surface area contributed by atoms with Crippen LogP contribution in [-0.2, 0) is 21.9 Å². The molecule has 0 spiro atoms. The number of carbonyl (C=O) groups excluding carboxylic acids is 2. The molecule has 0 bridgehead atoms. The number of benzene rings is 1. The average Bonchev–Trinajstić information content (AvgIpc) is 3.29. The van der Waals surface area contributed by atoms with Crippen molar-refractivity contribution in [2.24, 2.45) is 13.0 Å². The highest BCUT2D eigenvalue weighted by molar-refractivity contribution is 7.89. The fourth-order valence-corrected chi connectivity index (χ4v) is 5.41. The Morgan fingerprint density at radius 3 is 2.55 bits per heavy atom. The topological polar surface area (TPSA) is 130 Å². The number of likely N-dealkylation sites (tertiary alicyclic amines) is 1. The molecule has 3 N–H and O–H groups in total. The summed E-state index contributed by atoms with van der Waals surface area (Å²) in [7, 11) is -2.80. The first-order valence-corrected chi connectivity index (χ1v) is 11.2. The number of ether oxygens (including phenoxy) is 1. The quantitative estimate of drug-likeness (QED) is 0.529. The zero-order valence-corrected chi connectivity index (χ0v) is 18.0. The van der Waals surface area contributed by atoms with Crippen LogP contribution in [0.25, 0.3) is 0 Å². The number of anilines is 1. The Morgan fingerprint density at radius 1 is 1.24 bits per heavy atom. The zero-order valence-electron chi connectivity index (χ0n) is 17.1. The van der Waals surface area contributed by atoms with E-state index in [0.717, 1.165) is 6.20 Å². The third-order valence-corrected chi connectivity index (χ3v) is 7.01. The van der Waals surface area contributed by atoms with Crippen LogP contribution in [0.15, 0.2) is 23.2 Å². The van der Waals surface area contributed by atoms with E-state index >= 15 is 0 Å². The molecule has 0 unspecified atom stereocenters. The Bertz CT molecular complexity index is 1230. The highest BCUT2D eigenvalue weighted by Crippen LogP contribution is 2.34. The van der Waals surface area contributed by atoms with Crippen molar-refractivity contribution in [1.82, 2.24) is 14.2 Å². The number of amides is 2. The summed E-state index contributed by atoms with van der Waals surface area (Å²) in [4.78, 5) is 25.6. The van der Waals surface area contributed by atoms with Crippen LogP contribution in [0.5, 0.6) is 5.75 Å². The van der Waals surface area contributed by atoms with Crippen molar-refractivity contribution in [3.05, 3.63) is 41.5 Å². The highest BCUT2D eigenvalue weighted by atomic mass is 32.2. The van der Waals surface area contributed by atoms with E-state index in [2.05, 4.69) is 10.0 Å². The van der Waals surface area contributed by atoms with E-state index in [9.17, 15) is 31.2 Å². The van der Waals surface area contributed by atoms with Gasteiger partial charge in [-0.05, 0) is 0 Å². The van der Waals surface area contributed by atoms with Gasteiger partial charge in [0.25, 0.3) is 5.91 Å². The van der Waals surface area contributed by atoms with Gasteiger partial charge >= 0.3 is 0 Å². The molecule has 1 aromatic heterocycles. The van der Waals surface area contributed by atoms with E-state index in [4.69, 9.17) is 9.84 Å². The van der Waals surface area contributed by atoms with Gasteiger partial charge in [0.15, 0.2) is 28.9 Å². The summed E-state index contributed by atoms with van der Waals surface area (Å²) in [6, 6.07) is 0.497. The van der Waals surface area contributed by atoms with Crippen LogP contribution in [0.4, 0.5) is 18.9 Å². The van der Waals surface area contributed by atoms with Gasteiger partial charge in [-0.1, -0.05) is 0 Å². The van der Waals surface area contributed by atoms with Crippen LogP contribution < -0.4 is 14.8 Å². The van der Waals surface area contributed by atoms with Crippen molar-refractivity contribution < 1.29 is 41.0 Å². The molecule has 2 amide bonds. The molecule has 2 aromatic rings. The molecule has 1 aromatic carbocycles. The summed E-state index contributed by atoms with van der Waals surface area (Å²) in [6.45, 7) is -0.600. The molecule has 3 heterocycles. The van der Waals surface area contributed by atoms with Gasteiger partial charge in [-0.2, -0.15) is 0 Å². The lowest BCUT2D eigenvalue weighted by atomic mass is 10.1. The summed E-state index contributed by atoms with van der Waals surface area (Å²) < 4.78 is 75.5. The van der Waals surface area contributed by atoms with Crippen LogP contribution in [0.3, 0.4) is 0 Å². The summed E-state index contributed by atoms with van der Waals surface area (Å²) in [6.07, 6.45) is 1.14. The number of aryl methyl sites for hydroxylation is 1. The van der Waals surface area contributed by atoms with Crippen LogP contribution in [0.2, 0.25) is 0 Å². The first-order valence-electron chi connectivity index (χ1n) is 9.70. The van der Waals surface area contributed by atoms with Crippen molar-refractivity contribution >= 4 is 27.5 Å². The van der Waals surface area contributed by atoms with Gasteiger partial charge in [-0.3, -0.25) is 9.59 Å². The predicted molar refractivity (Wildman–Crippen MR) is 106 cm³/mol. The number of aliphatic hydroxyl groups is 1. The number of carbonyl (C=O) groups is 2. The molecule has 2 atom stereocenters. The Hall–Kier alpha value is -3.10. The van der Waals surface area contributed by atoms with Crippen molar-refractivity contribution in [3.8, 4) is 5.75 Å². The minimum Gasteiger partial charge on any atom is -0.489 e. The second kappa shape index (κ2) is 8.35. The Morgan fingerprint density at radius 2 is 1.91 bits per heavy atom. The molecular weight excluding hydrogens is 469 g/mol. The normalized spacial score (nSPS) is 21.4. The molecule has 0 radical (unpaired) electrons. The monoisotopic (exact) mass is 488 g/mol. The molecule has 14 heteroatoms. The first kappa shape index (κ1) is 23.1. The van der Waals surface area contributed by atoms with E-state index in [0.29, 0.717) is 12.1 Å². The van der Waals surface area contributed by atoms with Crippen molar-refractivity contribution in [2.45, 2.75) is 10.9 Å². The zero-order chi connectivity index (χ0) is 24.1. The van der Waals surface area contributed by atoms with Crippen LogP contribution in [-0.4, -0.2) is 67.2 Å². The van der Waals surface area contributed by atoms with Gasteiger partial charge in [-0.15, -0.1) is 0 Å². The molecule has 1 fully saturated rings. The molecule has 1 saturated heterocycles. The lowest BCUT2D eigenvalue weighted by molar-refractivity contribution is -0.133. The number of aromatic nitrogens is 1.